The molecule has 1 aliphatic rings. The van der Waals surface area contributed by atoms with Gasteiger partial charge < -0.3 is 10.1 Å². The highest BCUT2D eigenvalue weighted by atomic mass is 35.5. The number of halogens is 1. The third-order valence-electron chi connectivity index (χ3n) is 3.70. The maximum atomic E-state index is 6.21. The molecule has 0 aliphatic carbocycles. The second kappa shape index (κ2) is 6.38. The fourth-order valence-corrected chi connectivity index (χ4v) is 4.16. The number of hydrogen-bond acceptors (Lipinski definition) is 3. The summed E-state index contributed by atoms with van der Waals surface area (Å²) in [6.07, 6.45) is 2.62. The van der Waals surface area contributed by atoms with Crippen LogP contribution in [0.4, 0.5) is 0 Å². The smallest absolute Gasteiger partial charge is 0.0960 e. The Morgan fingerprint density at radius 3 is 2.89 bits per heavy atom. The van der Waals surface area contributed by atoms with Crippen molar-refractivity contribution in [3.63, 3.8) is 0 Å². The molecule has 3 unspecified atom stereocenters. The molecule has 3 atom stereocenters. The third-order valence-corrected chi connectivity index (χ3v) is 5.34. The zero-order valence-corrected chi connectivity index (χ0v) is 12.9. The van der Waals surface area contributed by atoms with Crippen molar-refractivity contribution in [2.75, 3.05) is 13.2 Å². The van der Waals surface area contributed by atoms with Crippen molar-refractivity contribution in [2.45, 2.75) is 45.8 Å². The normalized spacial score (nSPS) is 25.6. The minimum absolute atomic E-state index is 0.384. The van der Waals surface area contributed by atoms with Crippen LogP contribution in [0.15, 0.2) is 6.07 Å². The molecule has 1 saturated heterocycles. The highest BCUT2D eigenvalue weighted by Gasteiger charge is 2.34. The molecular formula is C14H22ClNOS. The monoisotopic (exact) mass is 287 g/mol. The first-order valence-corrected chi connectivity index (χ1v) is 7.97. The number of thiophene rings is 1. The van der Waals surface area contributed by atoms with E-state index in [1.54, 1.807) is 11.3 Å². The van der Waals surface area contributed by atoms with Gasteiger partial charge in [0.05, 0.1) is 10.4 Å². The summed E-state index contributed by atoms with van der Waals surface area (Å²) >= 11 is 7.92. The van der Waals surface area contributed by atoms with Crippen LogP contribution in [0.5, 0.6) is 0 Å². The zero-order valence-electron chi connectivity index (χ0n) is 11.3. The van der Waals surface area contributed by atoms with Crippen LogP contribution in [0.2, 0.25) is 4.34 Å². The van der Waals surface area contributed by atoms with Crippen molar-refractivity contribution in [2.24, 2.45) is 5.92 Å². The van der Waals surface area contributed by atoms with Crippen molar-refractivity contribution in [1.82, 2.24) is 5.32 Å². The van der Waals surface area contributed by atoms with Gasteiger partial charge in [0.15, 0.2) is 0 Å². The molecule has 1 aliphatic heterocycles. The average molecular weight is 288 g/mol. The number of nitrogens with one attached hydrogen (secondary N) is 1. The molecule has 0 amide bonds. The molecule has 0 spiro atoms. The van der Waals surface area contributed by atoms with Gasteiger partial charge in [-0.25, -0.2) is 0 Å². The zero-order chi connectivity index (χ0) is 13.1. The lowest BCUT2D eigenvalue weighted by atomic mass is 9.90. The number of ether oxygens (including phenoxy) is 1. The molecule has 102 valence electrons. The van der Waals surface area contributed by atoms with E-state index in [1.807, 2.05) is 0 Å². The Kier molecular flexibility index (Phi) is 5.07. The van der Waals surface area contributed by atoms with Crippen molar-refractivity contribution in [3.05, 3.63) is 20.8 Å². The number of aryl methyl sites for hydroxylation is 1. The summed E-state index contributed by atoms with van der Waals surface area (Å²) in [5, 5.41) is 3.62. The van der Waals surface area contributed by atoms with Crippen molar-refractivity contribution in [1.29, 1.82) is 0 Å². The standard InChI is InChI=1S/C14H22ClNOS/c1-4-11-10(6-7-17-11)13(16-5-2)12-8-9(3)14(15)18-12/h8,10-11,13,16H,4-7H2,1-3H3. The lowest BCUT2D eigenvalue weighted by Crippen LogP contribution is -2.32. The molecule has 2 heterocycles. The molecule has 2 rings (SSSR count). The van der Waals surface area contributed by atoms with Gasteiger partial charge in [-0.05, 0) is 37.9 Å². The van der Waals surface area contributed by atoms with E-state index in [2.05, 4.69) is 32.2 Å². The van der Waals surface area contributed by atoms with Gasteiger partial charge in [-0.15, -0.1) is 11.3 Å². The fraction of sp³-hybridized carbons (Fsp3) is 0.714. The van der Waals surface area contributed by atoms with Crippen LogP contribution in [0.25, 0.3) is 0 Å². The van der Waals surface area contributed by atoms with Gasteiger partial charge in [-0.1, -0.05) is 25.4 Å². The van der Waals surface area contributed by atoms with E-state index in [9.17, 15) is 0 Å². The Balaban J connectivity index is 2.21. The molecule has 1 N–H and O–H groups in total. The quantitative estimate of drug-likeness (QED) is 0.877. The lowest BCUT2D eigenvalue weighted by Gasteiger charge is -2.27. The molecule has 1 aromatic heterocycles. The Morgan fingerprint density at radius 2 is 2.33 bits per heavy atom. The summed E-state index contributed by atoms with van der Waals surface area (Å²) in [6, 6.07) is 2.62. The number of hydrogen-bond donors (Lipinski definition) is 1. The largest absolute Gasteiger partial charge is 0.378 e. The third kappa shape index (κ3) is 2.90. The molecule has 2 nitrogen and oxygen atoms in total. The highest BCUT2D eigenvalue weighted by Crippen LogP contribution is 2.39. The number of rotatable bonds is 5. The Hall–Kier alpha value is -0.0900. The summed E-state index contributed by atoms with van der Waals surface area (Å²) in [5.74, 6) is 0.573. The van der Waals surface area contributed by atoms with Crippen LogP contribution in [0, 0.1) is 12.8 Å². The highest BCUT2D eigenvalue weighted by molar-refractivity contribution is 7.16. The van der Waals surface area contributed by atoms with Gasteiger partial charge in [-0.2, -0.15) is 0 Å². The first kappa shape index (κ1) is 14.3. The second-order valence-electron chi connectivity index (χ2n) is 4.91. The second-order valence-corrected chi connectivity index (χ2v) is 6.60. The molecule has 0 saturated carbocycles. The van der Waals surface area contributed by atoms with E-state index in [0.717, 1.165) is 30.3 Å². The SMILES string of the molecule is CCNC(c1cc(C)c(Cl)s1)C1CCOC1CC. The van der Waals surface area contributed by atoms with E-state index < -0.39 is 0 Å². The first-order valence-electron chi connectivity index (χ1n) is 6.78. The Labute approximate surface area is 119 Å². The van der Waals surface area contributed by atoms with E-state index in [0.29, 0.717) is 18.1 Å². The molecule has 4 heteroatoms. The molecule has 18 heavy (non-hydrogen) atoms. The predicted molar refractivity (Wildman–Crippen MR) is 78.6 cm³/mol. The average Bonchev–Trinajstić information content (AvgIpc) is 2.94. The lowest BCUT2D eigenvalue weighted by molar-refractivity contribution is 0.0779. The summed E-state index contributed by atoms with van der Waals surface area (Å²) < 4.78 is 6.75. The van der Waals surface area contributed by atoms with Crippen LogP contribution in [0.3, 0.4) is 0 Å². The van der Waals surface area contributed by atoms with E-state index >= 15 is 0 Å². The van der Waals surface area contributed by atoms with Crippen LogP contribution in [0.1, 0.15) is 43.2 Å². The maximum Gasteiger partial charge on any atom is 0.0960 e. The van der Waals surface area contributed by atoms with Crippen molar-refractivity contribution < 1.29 is 4.74 Å². The fourth-order valence-electron chi connectivity index (χ4n) is 2.79. The molecule has 0 bridgehead atoms. The van der Waals surface area contributed by atoms with E-state index in [1.165, 1.54) is 10.4 Å². The molecule has 0 radical (unpaired) electrons. The molecule has 1 aromatic rings. The molecular weight excluding hydrogens is 266 g/mol. The summed E-state index contributed by atoms with van der Waals surface area (Å²) in [5.41, 5.74) is 1.19. The van der Waals surface area contributed by atoms with Gasteiger partial charge in [-0.3, -0.25) is 0 Å². The van der Waals surface area contributed by atoms with Gasteiger partial charge in [0.25, 0.3) is 0 Å². The predicted octanol–water partition coefficient (Wildman–Crippen LogP) is 4.18. The Morgan fingerprint density at radius 1 is 1.56 bits per heavy atom. The van der Waals surface area contributed by atoms with E-state index in [4.69, 9.17) is 16.3 Å². The minimum atomic E-state index is 0.384. The topological polar surface area (TPSA) is 21.3 Å². The molecule has 1 fully saturated rings. The van der Waals surface area contributed by atoms with E-state index in [-0.39, 0.29) is 0 Å². The van der Waals surface area contributed by atoms with Crippen LogP contribution in [-0.4, -0.2) is 19.3 Å². The van der Waals surface area contributed by atoms with Gasteiger partial charge in [0.1, 0.15) is 0 Å². The molecule has 0 aromatic carbocycles. The van der Waals surface area contributed by atoms with Gasteiger partial charge in [0.2, 0.25) is 0 Å². The van der Waals surface area contributed by atoms with Gasteiger partial charge in [0, 0.05) is 23.4 Å². The van der Waals surface area contributed by atoms with Crippen molar-refractivity contribution >= 4 is 22.9 Å². The summed E-state index contributed by atoms with van der Waals surface area (Å²) in [7, 11) is 0. The Bertz CT molecular complexity index is 374. The summed E-state index contributed by atoms with van der Waals surface area (Å²) in [6.45, 7) is 8.31. The van der Waals surface area contributed by atoms with Crippen molar-refractivity contribution in [3.8, 4) is 0 Å². The minimum Gasteiger partial charge on any atom is -0.378 e. The van der Waals surface area contributed by atoms with Crippen LogP contribution >= 0.6 is 22.9 Å². The first-order chi connectivity index (χ1) is 8.67. The van der Waals surface area contributed by atoms with Crippen LogP contribution < -0.4 is 5.32 Å². The van der Waals surface area contributed by atoms with Gasteiger partial charge >= 0.3 is 0 Å². The van der Waals surface area contributed by atoms with Crippen LogP contribution in [-0.2, 0) is 4.74 Å². The maximum absolute atomic E-state index is 6.21. The summed E-state index contributed by atoms with van der Waals surface area (Å²) in [4.78, 5) is 1.35.